The number of sulfonamides is 1. The third-order valence-corrected chi connectivity index (χ3v) is 5.66. The first-order valence-electron chi connectivity index (χ1n) is 6.29. The summed E-state index contributed by atoms with van der Waals surface area (Å²) < 4.78 is 28.3. The van der Waals surface area contributed by atoms with Gasteiger partial charge in [0.05, 0.1) is 21.3 Å². The molecule has 0 saturated heterocycles. The summed E-state index contributed by atoms with van der Waals surface area (Å²) in [6.07, 6.45) is 1.37. The maximum Gasteiger partial charge on any atom is 0.262 e. The molecule has 0 atom stereocenters. The van der Waals surface area contributed by atoms with Gasteiger partial charge in [-0.25, -0.2) is 13.4 Å². The molecule has 0 bridgehead atoms. The summed E-state index contributed by atoms with van der Waals surface area (Å²) in [6.45, 7) is 0. The van der Waals surface area contributed by atoms with Gasteiger partial charge in [0.2, 0.25) is 0 Å². The van der Waals surface area contributed by atoms with Gasteiger partial charge in [0.25, 0.3) is 10.0 Å². The van der Waals surface area contributed by atoms with Crippen LogP contribution in [0, 0.1) is 0 Å². The summed E-state index contributed by atoms with van der Waals surface area (Å²) in [5.41, 5.74) is 0.337. The Morgan fingerprint density at radius 3 is 2.59 bits per heavy atom. The van der Waals surface area contributed by atoms with Crippen LogP contribution in [0.4, 0.5) is 5.69 Å². The average Bonchev–Trinajstić information content (AvgIpc) is 2.50. The fraction of sp³-hybridized carbons (Fsp3) is 0. The third-order valence-electron chi connectivity index (χ3n) is 3.09. The van der Waals surface area contributed by atoms with E-state index >= 15 is 0 Å². The van der Waals surface area contributed by atoms with Gasteiger partial charge >= 0.3 is 0 Å². The van der Waals surface area contributed by atoms with E-state index in [1.54, 1.807) is 24.3 Å². The van der Waals surface area contributed by atoms with Crippen molar-refractivity contribution in [3.8, 4) is 0 Å². The van der Waals surface area contributed by atoms with Gasteiger partial charge in [0.1, 0.15) is 5.15 Å². The standard InChI is InChI=1S/C15H10BrClN2O2S/c16-13-8-11(9-18-15(13)17)19-22(20,21)14-7-3-5-10-4-1-2-6-12(10)14/h1-9,19H. The minimum absolute atomic E-state index is 0.219. The highest BCUT2D eigenvalue weighted by Gasteiger charge is 2.17. The molecule has 1 N–H and O–H groups in total. The van der Waals surface area contributed by atoms with Crippen LogP contribution in [-0.2, 0) is 10.0 Å². The molecular formula is C15H10BrClN2O2S. The zero-order valence-electron chi connectivity index (χ0n) is 11.1. The van der Waals surface area contributed by atoms with Crippen LogP contribution in [0.5, 0.6) is 0 Å². The van der Waals surface area contributed by atoms with E-state index in [-0.39, 0.29) is 10.0 Å². The molecule has 0 fully saturated rings. The summed E-state index contributed by atoms with van der Waals surface area (Å²) in [6, 6.07) is 14.0. The predicted octanol–water partition coefficient (Wildman–Crippen LogP) is 4.45. The van der Waals surface area contributed by atoms with Crippen LogP contribution >= 0.6 is 27.5 Å². The molecule has 112 valence electrons. The van der Waals surface area contributed by atoms with Crippen LogP contribution in [0.2, 0.25) is 5.15 Å². The number of halogens is 2. The Hall–Kier alpha value is -1.63. The lowest BCUT2D eigenvalue weighted by molar-refractivity contribution is 0.602. The fourth-order valence-electron chi connectivity index (χ4n) is 2.12. The van der Waals surface area contributed by atoms with E-state index in [1.807, 2.05) is 24.3 Å². The second kappa shape index (κ2) is 5.87. The van der Waals surface area contributed by atoms with Crippen molar-refractivity contribution in [2.24, 2.45) is 0 Å². The molecule has 7 heteroatoms. The second-order valence-electron chi connectivity index (χ2n) is 4.58. The van der Waals surface area contributed by atoms with E-state index in [0.29, 0.717) is 15.5 Å². The van der Waals surface area contributed by atoms with Crippen molar-refractivity contribution < 1.29 is 8.42 Å². The van der Waals surface area contributed by atoms with Crippen LogP contribution in [0.25, 0.3) is 10.8 Å². The first-order chi connectivity index (χ1) is 10.5. The van der Waals surface area contributed by atoms with Crippen molar-refractivity contribution in [3.05, 3.63) is 64.4 Å². The van der Waals surface area contributed by atoms with Crippen LogP contribution in [0.1, 0.15) is 0 Å². The summed E-state index contributed by atoms with van der Waals surface area (Å²) in [4.78, 5) is 4.13. The molecule has 3 rings (SSSR count). The van der Waals surface area contributed by atoms with Crippen LogP contribution in [0.3, 0.4) is 0 Å². The number of rotatable bonds is 3. The summed E-state index contributed by atoms with van der Waals surface area (Å²) in [7, 11) is -3.72. The molecular weight excluding hydrogens is 388 g/mol. The minimum atomic E-state index is -3.72. The van der Waals surface area contributed by atoms with Crippen molar-refractivity contribution in [1.82, 2.24) is 4.98 Å². The van der Waals surface area contributed by atoms with Crippen molar-refractivity contribution >= 4 is 54.0 Å². The number of anilines is 1. The molecule has 0 unspecified atom stereocenters. The van der Waals surface area contributed by atoms with Crippen LogP contribution in [0.15, 0.2) is 64.1 Å². The lowest BCUT2D eigenvalue weighted by Crippen LogP contribution is -2.13. The third kappa shape index (κ3) is 2.95. The number of aromatic nitrogens is 1. The van der Waals surface area contributed by atoms with E-state index in [2.05, 4.69) is 25.6 Å². The molecule has 1 aromatic heterocycles. The predicted molar refractivity (Wildman–Crippen MR) is 91.7 cm³/mol. The van der Waals surface area contributed by atoms with Crippen LogP contribution < -0.4 is 4.72 Å². The number of hydrogen-bond donors (Lipinski definition) is 1. The van der Waals surface area contributed by atoms with Gasteiger partial charge in [-0.05, 0) is 33.4 Å². The monoisotopic (exact) mass is 396 g/mol. The Morgan fingerprint density at radius 2 is 1.82 bits per heavy atom. The van der Waals surface area contributed by atoms with Crippen molar-refractivity contribution in [3.63, 3.8) is 0 Å². The first kappa shape index (κ1) is 15.3. The summed E-state index contributed by atoms with van der Waals surface area (Å²) in [5.74, 6) is 0. The molecule has 4 nitrogen and oxygen atoms in total. The number of hydrogen-bond acceptors (Lipinski definition) is 3. The maximum absolute atomic E-state index is 12.6. The fourth-order valence-corrected chi connectivity index (χ4v) is 3.83. The number of nitrogens with zero attached hydrogens (tertiary/aromatic N) is 1. The average molecular weight is 398 g/mol. The van der Waals surface area contributed by atoms with E-state index in [9.17, 15) is 8.42 Å². The second-order valence-corrected chi connectivity index (χ2v) is 7.44. The zero-order valence-corrected chi connectivity index (χ0v) is 14.3. The lowest BCUT2D eigenvalue weighted by Gasteiger charge is -2.10. The van der Waals surface area contributed by atoms with E-state index in [0.717, 1.165) is 5.39 Å². The van der Waals surface area contributed by atoms with E-state index in [4.69, 9.17) is 11.6 Å². The van der Waals surface area contributed by atoms with Crippen molar-refractivity contribution in [1.29, 1.82) is 0 Å². The summed E-state index contributed by atoms with van der Waals surface area (Å²) in [5, 5.41) is 1.80. The molecule has 3 aromatic rings. The van der Waals surface area contributed by atoms with Gasteiger partial charge in [-0.2, -0.15) is 0 Å². The molecule has 0 amide bonds. The highest BCUT2D eigenvalue weighted by atomic mass is 79.9. The maximum atomic E-state index is 12.6. The molecule has 0 aliphatic heterocycles. The Balaban J connectivity index is 2.07. The highest BCUT2D eigenvalue weighted by molar-refractivity contribution is 9.10. The van der Waals surface area contributed by atoms with Gasteiger partial charge in [0, 0.05) is 5.39 Å². The molecule has 0 aliphatic carbocycles. The van der Waals surface area contributed by atoms with Gasteiger partial charge in [-0.3, -0.25) is 4.72 Å². The largest absolute Gasteiger partial charge is 0.278 e. The molecule has 1 heterocycles. The van der Waals surface area contributed by atoms with Crippen molar-refractivity contribution in [2.75, 3.05) is 4.72 Å². The van der Waals surface area contributed by atoms with Crippen LogP contribution in [-0.4, -0.2) is 13.4 Å². The molecule has 0 radical (unpaired) electrons. The highest BCUT2D eigenvalue weighted by Crippen LogP contribution is 2.27. The number of nitrogens with one attached hydrogen (secondary N) is 1. The Labute approximate surface area is 141 Å². The SMILES string of the molecule is O=S(=O)(Nc1cnc(Cl)c(Br)c1)c1cccc2ccccc12. The first-order valence-corrected chi connectivity index (χ1v) is 8.94. The normalized spacial score (nSPS) is 11.5. The van der Waals surface area contributed by atoms with Gasteiger partial charge in [-0.15, -0.1) is 0 Å². The summed E-state index contributed by atoms with van der Waals surface area (Å²) >= 11 is 9.03. The van der Waals surface area contributed by atoms with Gasteiger partial charge < -0.3 is 0 Å². The van der Waals surface area contributed by atoms with Gasteiger partial charge in [0.15, 0.2) is 0 Å². The van der Waals surface area contributed by atoms with Gasteiger partial charge in [-0.1, -0.05) is 48.0 Å². The molecule has 0 saturated carbocycles. The Bertz CT molecular complexity index is 955. The quantitative estimate of drug-likeness (QED) is 0.664. The molecule has 2 aromatic carbocycles. The number of pyridine rings is 1. The molecule has 0 spiro atoms. The molecule has 0 aliphatic rings. The minimum Gasteiger partial charge on any atom is -0.278 e. The number of benzene rings is 2. The smallest absolute Gasteiger partial charge is 0.262 e. The molecule has 22 heavy (non-hydrogen) atoms. The zero-order chi connectivity index (χ0) is 15.7. The van der Waals surface area contributed by atoms with E-state index in [1.165, 1.54) is 6.20 Å². The Kier molecular flexibility index (Phi) is 4.08. The van der Waals surface area contributed by atoms with E-state index < -0.39 is 10.0 Å². The van der Waals surface area contributed by atoms with Crippen molar-refractivity contribution in [2.45, 2.75) is 4.90 Å². The number of fused-ring (bicyclic) bond motifs is 1. The Morgan fingerprint density at radius 1 is 1.09 bits per heavy atom. The topological polar surface area (TPSA) is 59.1 Å². The lowest BCUT2D eigenvalue weighted by atomic mass is 10.1.